The number of benzene rings is 2. The SMILES string of the molecule is CCOCC(=O)Nc1c(-c2ccccc2)c2[nH]c3ccc(OC)cc3c2[nH]c1=O. The van der Waals surface area contributed by atoms with Gasteiger partial charge in [0.25, 0.3) is 11.5 Å². The molecule has 29 heavy (non-hydrogen) atoms. The number of methoxy groups -OCH3 is 1. The van der Waals surface area contributed by atoms with Crippen molar-refractivity contribution in [3.05, 3.63) is 58.9 Å². The summed E-state index contributed by atoms with van der Waals surface area (Å²) in [4.78, 5) is 31.5. The number of anilines is 1. The molecule has 0 saturated carbocycles. The van der Waals surface area contributed by atoms with Gasteiger partial charge in [-0.05, 0) is 30.7 Å². The molecule has 0 aliphatic rings. The number of ether oxygens (including phenoxy) is 2. The van der Waals surface area contributed by atoms with E-state index in [0.29, 0.717) is 23.4 Å². The van der Waals surface area contributed by atoms with Gasteiger partial charge in [-0.3, -0.25) is 9.59 Å². The van der Waals surface area contributed by atoms with Gasteiger partial charge in [0.05, 0.1) is 18.1 Å². The number of hydrogen-bond acceptors (Lipinski definition) is 4. The number of rotatable bonds is 6. The van der Waals surface area contributed by atoms with Crippen LogP contribution in [0.5, 0.6) is 5.75 Å². The van der Waals surface area contributed by atoms with Crippen LogP contribution < -0.4 is 15.6 Å². The minimum Gasteiger partial charge on any atom is -0.497 e. The molecule has 0 radical (unpaired) electrons. The van der Waals surface area contributed by atoms with Crippen LogP contribution in [-0.2, 0) is 9.53 Å². The van der Waals surface area contributed by atoms with Crippen molar-refractivity contribution in [2.45, 2.75) is 6.92 Å². The Morgan fingerprint density at radius 3 is 2.59 bits per heavy atom. The Hall–Kier alpha value is -3.58. The van der Waals surface area contributed by atoms with Gasteiger partial charge in [-0.1, -0.05) is 30.3 Å². The summed E-state index contributed by atoms with van der Waals surface area (Å²) in [6, 6.07) is 15.1. The van der Waals surface area contributed by atoms with E-state index < -0.39 is 0 Å². The van der Waals surface area contributed by atoms with Crippen LogP contribution >= 0.6 is 0 Å². The molecule has 0 saturated heterocycles. The molecule has 0 aliphatic carbocycles. The second-order valence-corrected chi connectivity index (χ2v) is 6.54. The van der Waals surface area contributed by atoms with Crippen molar-refractivity contribution in [1.82, 2.24) is 9.97 Å². The maximum atomic E-state index is 13.0. The second kappa shape index (κ2) is 7.81. The molecular formula is C22H21N3O4. The molecule has 0 unspecified atom stereocenters. The van der Waals surface area contributed by atoms with Crippen LogP contribution in [0, 0.1) is 0 Å². The van der Waals surface area contributed by atoms with Gasteiger partial charge >= 0.3 is 0 Å². The second-order valence-electron chi connectivity index (χ2n) is 6.54. The normalized spacial score (nSPS) is 11.1. The van der Waals surface area contributed by atoms with Crippen LogP contribution in [0.4, 0.5) is 5.69 Å². The molecule has 2 aromatic carbocycles. The fourth-order valence-electron chi connectivity index (χ4n) is 3.41. The Labute approximate surface area is 166 Å². The summed E-state index contributed by atoms with van der Waals surface area (Å²) >= 11 is 0. The van der Waals surface area contributed by atoms with Gasteiger partial charge in [0.1, 0.15) is 18.0 Å². The van der Waals surface area contributed by atoms with Crippen LogP contribution in [-0.4, -0.2) is 36.2 Å². The van der Waals surface area contributed by atoms with Crippen molar-refractivity contribution < 1.29 is 14.3 Å². The molecule has 0 bridgehead atoms. The fourth-order valence-corrected chi connectivity index (χ4v) is 3.41. The average Bonchev–Trinajstić information content (AvgIpc) is 3.10. The maximum Gasteiger partial charge on any atom is 0.272 e. The summed E-state index contributed by atoms with van der Waals surface area (Å²) in [5.41, 5.74) is 3.48. The van der Waals surface area contributed by atoms with Crippen LogP contribution in [0.3, 0.4) is 0 Å². The lowest BCUT2D eigenvalue weighted by molar-refractivity contribution is -0.120. The number of pyridine rings is 1. The fraction of sp³-hybridized carbons (Fsp3) is 0.182. The van der Waals surface area contributed by atoms with Crippen LogP contribution in [0.1, 0.15) is 6.92 Å². The summed E-state index contributed by atoms with van der Waals surface area (Å²) < 4.78 is 10.5. The minimum atomic E-state index is -0.384. The summed E-state index contributed by atoms with van der Waals surface area (Å²) in [5, 5.41) is 3.55. The molecule has 2 heterocycles. The van der Waals surface area contributed by atoms with Crippen molar-refractivity contribution in [3.8, 4) is 16.9 Å². The first kappa shape index (κ1) is 18.8. The van der Waals surface area contributed by atoms with E-state index in [-0.39, 0.29) is 23.8 Å². The van der Waals surface area contributed by atoms with E-state index in [0.717, 1.165) is 22.0 Å². The third-order valence-corrected chi connectivity index (χ3v) is 4.74. The highest BCUT2D eigenvalue weighted by atomic mass is 16.5. The Kier molecular flexibility index (Phi) is 5.05. The molecule has 7 heteroatoms. The number of carbonyl (C=O) groups is 1. The van der Waals surface area contributed by atoms with Crippen molar-refractivity contribution in [3.63, 3.8) is 0 Å². The van der Waals surface area contributed by atoms with Crippen LogP contribution in [0.2, 0.25) is 0 Å². The maximum absolute atomic E-state index is 13.0. The number of carbonyl (C=O) groups excluding carboxylic acids is 1. The van der Waals surface area contributed by atoms with Gasteiger partial charge in [-0.25, -0.2) is 0 Å². The van der Waals surface area contributed by atoms with Gasteiger partial charge in [0.15, 0.2) is 0 Å². The standard InChI is InChI=1S/C22H21N3O4/c1-3-29-12-17(26)24-21-18(13-7-5-4-6-8-13)20-19(25-22(21)27)15-11-14(28-2)9-10-16(15)23-20/h4-11,23H,3,12H2,1-2H3,(H,24,26)(H,25,27). The topological polar surface area (TPSA) is 96.2 Å². The molecule has 4 rings (SSSR count). The number of fused-ring (bicyclic) bond motifs is 3. The Balaban J connectivity index is 1.99. The van der Waals surface area contributed by atoms with Gasteiger partial charge < -0.3 is 24.8 Å². The zero-order valence-corrected chi connectivity index (χ0v) is 16.2. The number of amides is 1. The number of hydrogen-bond donors (Lipinski definition) is 3. The molecular weight excluding hydrogens is 370 g/mol. The summed E-state index contributed by atoms with van der Waals surface area (Å²) in [7, 11) is 1.60. The van der Waals surface area contributed by atoms with Gasteiger partial charge in [0, 0.05) is 23.1 Å². The summed E-state index contributed by atoms with van der Waals surface area (Å²) in [5.74, 6) is 0.307. The lowest BCUT2D eigenvalue weighted by Gasteiger charge is -2.12. The third-order valence-electron chi connectivity index (χ3n) is 4.74. The number of nitrogens with one attached hydrogen (secondary N) is 3. The monoisotopic (exact) mass is 391 g/mol. The minimum absolute atomic E-state index is 0.119. The van der Waals surface area contributed by atoms with Gasteiger partial charge in [-0.15, -0.1) is 0 Å². The molecule has 3 N–H and O–H groups in total. The highest BCUT2D eigenvalue weighted by Gasteiger charge is 2.20. The van der Waals surface area contributed by atoms with Gasteiger partial charge in [0.2, 0.25) is 0 Å². The Morgan fingerprint density at radius 1 is 1.07 bits per heavy atom. The molecule has 4 aromatic rings. The van der Waals surface area contributed by atoms with Gasteiger partial charge in [-0.2, -0.15) is 0 Å². The van der Waals surface area contributed by atoms with Crippen molar-refractivity contribution >= 4 is 33.5 Å². The summed E-state index contributed by atoms with van der Waals surface area (Å²) in [6.07, 6.45) is 0. The smallest absolute Gasteiger partial charge is 0.272 e. The lowest BCUT2D eigenvalue weighted by atomic mass is 10.0. The first-order chi connectivity index (χ1) is 14.1. The zero-order valence-electron chi connectivity index (χ0n) is 16.2. The largest absolute Gasteiger partial charge is 0.497 e. The molecule has 2 aromatic heterocycles. The lowest BCUT2D eigenvalue weighted by Crippen LogP contribution is -2.24. The highest BCUT2D eigenvalue weighted by Crippen LogP contribution is 2.36. The third kappa shape index (κ3) is 3.48. The van der Waals surface area contributed by atoms with E-state index in [4.69, 9.17) is 9.47 Å². The molecule has 0 spiro atoms. The number of aromatic nitrogens is 2. The van der Waals surface area contributed by atoms with E-state index in [1.165, 1.54) is 0 Å². The first-order valence-corrected chi connectivity index (χ1v) is 9.31. The molecule has 7 nitrogen and oxygen atoms in total. The first-order valence-electron chi connectivity index (χ1n) is 9.31. The molecule has 148 valence electrons. The van der Waals surface area contributed by atoms with E-state index in [2.05, 4.69) is 15.3 Å². The van der Waals surface area contributed by atoms with Crippen molar-refractivity contribution in [1.29, 1.82) is 0 Å². The van der Waals surface area contributed by atoms with E-state index in [1.54, 1.807) is 14.0 Å². The number of aromatic amines is 2. The van der Waals surface area contributed by atoms with Crippen molar-refractivity contribution in [2.24, 2.45) is 0 Å². The van der Waals surface area contributed by atoms with Crippen LogP contribution in [0.15, 0.2) is 53.3 Å². The Bertz CT molecular complexity index is 1240. The molecule has 0 aliphatic heterocycles. The quantitative estimate of drug-likeness (QED) is 0.467. The molecule has 1 amide bonds. The average molecular weight is 391 g/mol. The van der Waals surface area contributed by atoms with E-state index in [9.17, 15) is 9.59 Å². The van der Waals surface area contributed by atoms with Crippen molar-refractivity contribution in [2.75, 3.05) is 25.6 Å². The summed E-state index contributed by atoms with van der Waals surface area (Å²) in [6.45, 7) is 2.10. The van der Waals surface area contributed by atoms with Crippen LogP contribution in [0.25, 0.3) is 33.1 Å². The molecule has 0 fully saturated rings. The predicted octanol–water partition coefficient (Wildman–Crippen LogP) is 3.66. The zero-order chi connectivity index (χ0) is 20.4. The highest BCUT2D eigenvalue weighted by molar-refractivity contribution is 6.13. The number of H-pyrrole nitrogens is 2. The van der Waals surface area contributed by atoms with E-state index in [1.807, 2.05) is 48.5 Å². The van der Waals surface area contributed by atoms with E-state index >= 15 is 0 Å². The molecule has 0 atom stereocenters. The predicted molar refractivity (Wildman–Crippen MR) is 114 cm³/mol. The Morgan fingerprint density at radius 2 is 1.86 bits per heavy atom.